The summed E-state index contributed by atoms with van der Waals surface area (Å²) in [5.74, 6) is -0.0687. The Morgan fingerprint density at radius 3 is 1.79 bits per heavy atom. The fourth-order valence-corrected chi connectivity index (χ4v) is 5.04. The Labute approximate surface area is 174 Å². The summed E-state index contributed by atoms with van der Waals surface area (Å²) < 4.78 is 28.9. The Bertz CT molecular complexity index is 457. The summed E-state index contributed by atoms with van der Waals surface area (Å²) >= 11 is 0. The predicted molar refractivity (Wildman–Crippen MR) is 118 cm³/mol. The maximum atomic E-state index is 14.5. The lowest BCUT2D eigenvalue weighted by Crippen LogP contribution is -2.26. The van der Waals surface area contributed by atoms with E-state index in [4.69, 9.17) is 0 Å². The third kappa shape index (κ3) is 7.94. The summed E-state index contributed by atoms with van der Waals surface area (Å²) in [5.41, 5.74) is 0.634. The molecule has 0 heterocycles. The molecule has 0 nitrogen and oxygen atoms in total. The number of hydrogen-bond acceptors (Lipinski definition) is 0. The first-order valence-corrected chi connectivity index (χ1v) is 12.4. The van der Waals surface area contributed by atoms with E-state index in [0.29, 0.717) is 23.7 Å². The minimum Gasteiger partial charge on any atom is -0.207 e. The van der Waals surface area contributed by atoms with Crippen molar-refractivity contribution in [3.63, 3.8) is 0 Å². The van der Waals surface area contributed by atoms with Crippen molar-refractivity contribution in [1.29, 1.82) is 0 Å². The van der Waals surface area contributed by atoms with Crippen molar-refractivity contribution in [3.05, 3.63) is 0 Å². The van der Waals surface area contributed by atoms with E-state index in [1.165, 1.54) is 44.9 Å². The molecule has 2 unspecified atom stereocenters. The molecule has 0 bridgehead atoms. The summed E-state index contributed by atoms with van der Waals surface area (Å²) in [6, 6.07) is 0. The van der Waals surface area contributed by atoms with Gasteiger partial charge in [-0.25, -0.2) is 8.78 Å². The summed E-state index contributed by atoms with van der Waals surface area (Å²) in [4.78, 5) is 0. The van der Waals surface area contributed by atoms with Gasteiger partial charge in [-0.2, -0.15) is 0 Å². The highest BCUT2D eigenvalue weighted by Gasteiger charge is 2.52. The molecule has 166 valence electrons. The molecule has 0 amide bonds. The monoisotopic (exact) mass is 398 g/mol. The molecular weight excluding hydrogens is 350 g/mol. The second-order valence-corrected chi connectivity index (χ2v) is 11.9. The van der Waals surface area contributed by atoms with E-state index in [1.807, 2.05) is 13.8 Å². The zero-order valence-electron chi connectivity index (χ0n) is 19.8. The van der Waals surface area contributed by atoms with Crippen molar-refractivity contribution in [2.45, 2.75) is 131 Å². The van der Waals surface area contributed by atoms with Crippen LogP contribution in [0.25, 0.3) is 0 Å². The lowest BCUT2D eigenvalue weighted by atomic mass is 9.79. The first-order valence-electron chi connectivity index (χ1n) is 12.4. The van der Waals surface area contributed by atoms with Crippen LogP contribution in [0.1, 0.15) is 125 Å². The van der Waals surface area contributed by atoms with E-state index in [-0.39, 0.29) is 18.3 Å². The van der Waals surface area contributed by atoms with Gasteiger partial charge in [0.2, 0.25) is 5.92 Å². The zero-order valence-corrected chi connectivity index (χ0v) is 19.8. The van der Waals surface area contributed by atoms with Crippen LogP contribution < -0.4 is 0 Å². The average molecular weight is 399 g/mol. The second-order valence-electron chi connectivity index (χ2n) is 11.9. The van der Waals surface area contributed by atoms with Crippen molar-refractivity contribution in [2.75, 3.05) is 0 Å². The third-order valence-electron chi connectivity index (χ3n) is 8.10. The maximum Gasteiger partial charge on any atom is 0.248 e. The van der Waals surface area contributed by atoms with Gasteiger partial charge in [0.15, 0.2) is 0 Å². The Morgan fingerprint density at radius 2 is 1.29 bits per heavy atom. The van der Waals surface area contributed by atoms with E-state index >= 15 is 0 Å². The Morgan fingerprint density at radius 1 is 0.714 bits per heavy atom. The van der Waals surface area contributed by atoms with Gasteiger partial charge in [-0.1, -0.05) is 60.8 Å². The first-order chi connectivity index (χ1) is 13.0. The number of hydrogen-bond donors (Lipinski definition) is 0. The molecule has 28 heavy (non-hydrogen) atoms. The molecule has 0 N–H and O–H groups in total. The smallest absolute Gasteiger partial charge is 0.207 e. The van der Waals surface area contributed by atoms with Crippen molar-refractivity contribution < 1.29 is 8.78 Å². The van der Waals surface area contributed by atoms with Gasteiger partial charge < -0.3 is 0 Å². The van der Waals surface area contributed by atoms with Crippen LogP contribution in [0.3, 0.4) is 0 Å². The fraction of sp³-hybridized carbons (Fsp3) is 1.00. The molecule has 0 saturated heterocycles. The molecule has 0 aromatic heterocycles. The summed E-state index contributed by atoms with van der Waals surface area (Å²) in [5, 5.41) is 0. The second kappa shape index (κ2) is 9.78. The van der Waals surface area contributed by atoms with Crippen LogP contribution >= 0.6 is 0 Å². The van der Waals surface area contributed by atoms with E-state index in [9.17, 15) is 8.78 Å². The maximum absolute atomic E-state index is 14.5. The van der Waals surface area contributed by atoms with Crippen molar-refractivity contribution in [1.82, 2.24) is 0 Å². The summed E-state index contributed by atoms with van der Waals surface area (Å²) in [6.07, 6.45) is 13.7. The van der Waals surface area contributed by atoms with Crippen LogP contribution in [-0.4, -0.2) is 5.92 Å². The molecule has 2 aliphatic rings. The van der Waals surface area contributed by atoms with Crippen molar-refractivity contribution in [3.8, 4) is 0 Å². The van der Waals surface area contributed by atoms with E-state index in [1.54, 1.807) is 0 Å². The SMILES string of the molecule is CC(C)CCC(F)(F)CC1(C(C)CCC(C)CCC2(CCC(C)C)CC2)CC1. The average Bonchev–Trinajstić information content (AvgIpc) is 3.51. The van der Waals surface area contributed by atoms with Crippen LogP contribution in [0.2, 0.25) is 0 Å². The van der Waals surface area contributed by atoms with Gasteiger partial charge in [0.25, 0.3) is 0 Å². The minimum absolute atomic E-state index is 0.0464. The fourth-order valence-electron chi connectivity index (χ4n) is 5.04. The molecule has 2 fully saturated rings. The highest BCUT2D eigenvalue weighted by molar-refractivity contribution is 5.00. The van der Waals surface area contributed by atoms with Gasteiger partial charge in [0.1, 0.15) is 0 Å². The van der Waals surface area contributed by atoms with Crippen LogP contribution in [0, 0.1) is 34.5 Å². The largest absolute Gasteiger partial charge is 0.248 e. The van der Waals surface area contributed by atoms with Gasteiger partial charge in [-0.3, -0.25) is 0 Å². The highest BCUT2D eigenvalue weighted by atomic mass is 19.3. The van der Waals surface area contributed by atoms with Crippen LogP contribution in [0.4, 0.5) is 8.78 Å². The molecular formula is C26H48F2. The third-order valence-corrected chi connectivity index (χ3v) is 8.10. The molecule has 2 aliphatic carbocycles. The van der Waals surface area contributed by atoms with Crippen molar-refractivity contribution >= 4 is 0 Å². The molecule has 0 spiro atoms. The Balaban J connectivity index is 1.69. The quantitative estimate of drug-likeness (QED) is 0.258. The molecule has 0 aliphatic heterocycles. The number of rotatable bonds is 15. The van der Waals surface area contributed by atoms with Crippen LogP contribution in [-0.2, 0) is 0 Å². The molecule has 0 radical (unpaired) electrons. The minimum atomic E-state index is -2.46. The van der Waals surface area contributed by atoms with Gasteiger partial charge in [0.05, 0.1) is 0 Å². The highest BCUT2D eigenvalue weighted by Crippen LogP contribution is 2.60. The standard InChI is InChI=1S/C26H48F2/c1-20(2)9-12-24(15-16-24)13-11-22(5)7-8-23(6)25(17-18-25)19-26(27,28)14-10-21(3)4/h20-23H,7-19H2,1-6H3. The molecule has 2 rings (SSSR count). The lowest BCUT2D eigenvalue weighted by Gasteiger charge is -2.29. The molecule has 2 saturated carbocycles. The topological polar surface area (TPSA) is 0 Å². The van der Waals surface area contributed by atoms with E-state index in [2.05, 4.69) is 27.7 Å². The Hall–Kier alpha value is -0.140. The van der Waals surface area contributed by atoms with Crippen LogP contribution in [0.15, 0.2) is 0 Å². The molecule has 0 aromatic carbocycles. The first kappa shape index (κ1) is 24.1. The van der Waals surface area contributed by atoms with Crippen LogP contribution in [0.5, 0.6) is 0 Å². The molecule has 2 atom stereocenters. The number of halogens is 2. The predicted octanol–water partition coefficient (Wildman–Crippen LogP) is 9.28. The van der Waals surface area contributed by atoms with E-state index < -0.39 is 5.92 Å². The van der Waals surface area contributed by atoms with E-state index in [0.717, 1.165) is 31.1 Å². The Kier molecular flexibility index (Phi) is 8.43. The lowest BCUT2D eigenvalue weighted by molar-refractivity contribution is -0.0475. The number of alkyl halides is 2. The summed E-state index contributed by atoms with van der Waals surface area (Å²) in [7, 11) is 0. The normalized spacial score (nSPS) is 22.5. The van der Waals surface area contributed by atoms with Crippen molar-refractivity contribution in [2.24, 2.45) is 34.5 Å². The van der Waals surface area contributed by atoms with Gasteiger partial charge in [-0.05, 0) is 85.9 Å². The van der Waals surface area contributed by atoms with Gasteiger partial charge in [0, 0.05) is 12.8 Å². The summed E-state index contributed by atoms with van der Waals surface area (Å²) in [6.45, 7) is 13.4. The van der Waals surface area contributed by atoms with Gasteiger partial charge in [-0.15, -0.1) is 0 Å². The van der Waals surface area contributed by atoms with Gasteiger partial charge >= 0.3 is 0 Å². The molecule has 0 aromatic rings. The zero-order chi connectivity index (χ0) is 21.0. The molecule has 2 heteroatoms.